The van der Waals surface area contributed by atoms with Crippen molar-refractivity contribution in [1.82, 2.24) is 15.2 Å². The number of aromatic amines is 1. The van der Waals surface area contributed by atoms with Crippen molar-refractivity contribution in [1.29, 1.82) is 0 Å². The first-order valence-corrected chi connectivity index (χ1v) is 7.86. The molecule has 5 heteroatoms. The molecule has 1 aliphatic heterocycles. The second-order valence-corrected chi connectivity index (χ2v) is 6.00. The van der Waals surface area contributed by atoms with Gasteiger partial charge in [-0.2, -0.15) is 0 Å². The van der Waals surface area contributed by atoms with Crippen LogP contribution in [0.1, 0.15) is 42.7 Å². The molecular weight excluding hydrogens is 266 g/mol. The summed E-state index contributed by atoms with van der Waals surface area (Å²) >= 11 is 0. The Kier molecular flexibility index (Phi) is 5.82. The Morgan fingerprint density at radius 2 is 2.10 bits per heavy atom. The lowest BCUT2D eigenvalue weighted by Crippen LogP contribution is -2.45. The van der Waals surface area contributed by atoms with Gasteiger partial charge in [-0.15, -0.1) is 0 Å². The first kappa shape index (κ1) is 16.0. The number of aryl methyl sites for hydroxylation is 1. The minimum Gasteiger partial charge on any atom is -0.373 e. The van der Waals surface area contributed by atoms with Crippen LogP contribution in [0.15, 0.2) is 12.3 Å². The zero-order valence-corrected chi connectivity index (χ0v) is 13.3. The first-order chi connectivity index (χ1) is 10.1. The number of amides is 1. The fraction of sp³-hybridized carbons (Fsp3) is 0.688. The Morgan fingerprint density at radius 1 is 1.38 bits per heavy atom. The van der Waals surface area contributed by atoms with E-state index < -0.39 is 0 Å². The Hall–Kier alpha value is -1.33. The number of carbonyl (C=O) groups is 1. The SMILES string of the molecule is Cc1[nH]ccc1C(=O)NCCCCN1CC(C)OC(C)C1. The van der Waals surface area contributed by atoms with Gasteiger partial charge in [0.1, 0.15) is 0 Å². The van der Waals surface area contributed by atoms with E-state index in [0.29, 0.717) is 12.2 Å². The molecule has 1 aliphatic rings. The lowest BCUT2D eigenvalue weighted by atomic mass is 10.2. The van der Waals surface area contributed by atoms with Crippen LogP contribution in [0.4, 0.5) is 0 Å². The summed E-state index contributed by atoms with van der Waals surface area (Å²) in [5.41, 5.74) is 1.66. The summed E-state index contributed by atoms with van der Waals surface area (Å²) in [6.45, 7) is 10.0. The van der Waals surface area contributed by atoms with Crippen molar-refractivity contribution in [3.05, 3.63) is 23.5 Å². The van der Waals surface area contributed by atoms with E-state index in [0.717, 1.165) is 50.3 Å². The molecule has 0 aromatic carbocycles. The molecule has 1 fully saturated rings. The molecule has 21 heavy (non-hydrogen) atoms. The zero-order chi connectivity index (χ0) is 15.2. The number of unbranched alkanes of at least 4 members (excludes halogenated alkanes) is 1. The van der Waals surface area contributed by atoms with Gasteiger partial charge in [0.2, 0.25) is 0 Å². The fourth-order valence-corrected chi connectivity index (χ4v) is 2.92. The van der Waals surface area contributed by atoms with Gasteiger partial charge in [-0.05, 0) is 46.2 Å². The van der Waals surface area contributed by atoms with Crippen molar-refractivity contribution < 1.29 is 9.53 Å². The van der Waals surface area contributed by atoms with Gasteiger partial charge >= 0.3 is 0 Å². The van der Waals surface area contributed by atoms with Gasteiger partial charge in [0.05, 0.1) is 17.8 Å². The van der Waals surface area contributed by atoms with E-state index in [1.54, 1.807) is 6.20 Å². The molecule has 1 aromatic heterocycles. The average molecular weight is 293 g/mol. The third kappa shape index (κ3) is 4.86. The highest BCUT2D eigenvalue weighted by Gasteiger charge is 2.21. The molecule has 0 saturated carbocycles. The summed E-state index contributed by atoms with van der Waals surface area (Å²) < 4.78 is 5.73. The molecule has 2 atom stereocenters. The highest BCUT2D eigenvalue weighted by molar-refractivity contribution is 5.95. The van der Waals surface area contributed by atoms with Crippen LogP contribution in [-0.4, -0.2) is 54.2 Å². The van der Waals surface area contributed by atoms with Crippen LogP contribution in [0.2, 0.25) is 0 Å². The standard InChI is InChI=1S/C16H27N3O2/c1-12-10-19(11-13(2)21-12)9-5-4-7-18-16(20)15-6-8-17-14(15)3/h6,8,12-13,17H,4-5,7,9-11H2,1-3H3,(H,18,20). The van der Waals surface area contributed by atoms with Gasteiger partial charge in [0.15, 0.2) is 0 Å². The topological polar surface area (TPSA) is 57.4 Å². The molecule has 2 N–H and O–H groups in total. The maximum Gasteiger partial charge on any atom is 0.253 e. The van der Waals surface area contributed by atoms with Gasteiger partial charge in [-0.1, -0.05) is 0 Å². The lowest BCUT2D eigenvalue weighted by Gasteiger charge is -2.35. The minimum atomic E-state index is 0.0161. The first-order valence-electron chi connectivity index (χ1n) is 7.86. The van der Waals surface area contributed by atoms with Gasteiger partial charge in [0.25, 0.3) is 5.91 Å². The van der Waals surface area contributed by atoms with Crippen molar-refractivity contribution in [2.45, 2.75) is 45.8 Å². The minimum absolute atomic E-state index is 0.0161. The maximum absolute atomic E-state index is 11.9. The number of rotatable bonds is 6. The Bertz CT molecular complexity index is 448. The summed E-state index contributed by atoms with van der Waals surface area (Å²) in [4.78, 5) is 17.4. The monoisotopic (exact) mass is 293 g/mol. The smallest absolute Gasteiger partial charge is 0.253 e. The molecule has 1 saturated heterocycles. The van der Waals surface area contributed by atoms with E-state index in [9.17, 15) is 4.79 Å². The summed E-state index contributed by atoms with van der Waals surface area (Å²) in [7, 11) is 0. The van der Waals surface area contributed by atoms with E-state index >= 15 is 0 Å². The zero-order valence-electron chi connectivity index (χ0n) is 13.3. The van der Waals surface area contributed by atoms with Crippen LogP contribution in [-0.2, 0) is 4.74 Å². The summed E-state index contributed by atoms with van der Waals surface area (Å²) in [5, 5.41) is 2.98. The van der Waals surface area contributed by atoms with Gasteiger partial charge < -0.3 is 15.0 Å². The molecule has 0 radical (unpaired) electrons. The molecular formula is C16H27N3O2. The summed E-state index contributed by atoms with van der Waals surface area (Å²) in [6, 6.07) is 1.82. The van der Waals surface area contributed by atoms with E-state index in [1.807, 2.05) is 13.0 Å². The van der Waals surface area contributed by atoms with Gasteiger partial charge in [0, 0.05) is 31.5 Å². The number of aromatic nitrogens is 1. The van der Waals surface area contributed by atoms with Gasteiger partial charge in [-0.3, -0.25) is 9.69 Å². The van der Waals surface area contributed by atoms with E-state index in [2.05, 4.69) is 29.0 Å². The largest absolute Gasteiger partial charge is 0.373 e. The van der Waals surface area contributed by atoms with Crippen molar-refractivity contribution in [2.24, 2.45) is 0 Å². The lowest BCUT2D eigenvalue weighted by molar-refractivity contribution is -0.0681. The number of morpholine rings is 1. The fourth-order valence-electron chi connectivity index (χ4n) is 2.92. The van der Waals surface area contributed by atoms with Crippen LogP contribution in [0, 0.1) is 6.92 Å². The number of nitrogens with zero attached hydrogens (tertiary/aromatic N) is 1. The molecule has 118 valence electrons. The number of hydrogen-bond donors (Lipinski definition) is 2. The van der Waals surface area contributed by atoms with Gasteiger partial charge in [-0.25, -0.2) is 0 Å². The molecule has 1 aromatic rings. The van der Waals surface area contributed by atoms with E-state index in [4.69, 9.17) is 4.74 Å². The van der Waals surface area contributed by atoms with Crippen LogP contribution >= 0.6 is 0 Å². The van der Waals surface area contributed by atoms with Crippen LogP contribution in [0.3, 0.4) is 0 Å². The molecule has 1 amide bonds. The predicted molar refractivity (Wildman–Crippen MR) is 83.5 cm³/mol. The Balaban J connectivity index is 1.60. The quantitative estimate of drug-likeness (QED) is 0.788. The van der Waals surface area contributed by atoms with Crippen LogP contribution < -0.4 is 5.32 Å². The highest BCUT2D eigenvalue weighted by atomic mass is 16.5. The van der Waals surface area contributed by atoms with Crippen molar-refractivity contribution in [2.75, 3.05) is 26.2 Å². The number of hydrogen-bond acceptors (Lipinski definition) is 3. The third-order valence-corrected chi connectivity index (χ3v) is 3.88. The number of carbonyl (C=O) groups excluding carboxylic acids is 1. The second kappa shape index (κ2) is 7.61. The van der Waals surface area contributed by atoms with Crippen LogP contribution in [0.25, 0.3) is 0 Å². The molecule has 2 heterocycles. The highest BCUT2D eigenvalue weighted by Crippen LogP contribution is 2.11. The molecule has 2 unspecified atom stereocenters. The van der Waals surface area contributed by atoms with E-state index in [-0.39, 0.29) is 5.91 Å². The predicted octanol–water partition coefficient (Wildman–Crippen LogP) is 1.94. The summed E-state index contributed by atoms with van der Waals surface area (Å²) in [6.07, 6.45) is 4.56. The van der Waals surface area contributed by atoms with E-state index in [1.165, 1.54) is 0 Å². The van der Waals surface area contributed by atoms with Crippen molar-refractivity contribution in [3.8, 4) is 0 Å². The normalized spacial score (nSPS) is 23.2. The van der Waals surface area contributed by atoms with Crippen LogP contribution in [0.5, 0.6) is 0 Å². The molecule has 2 rings (SSSR count). The maximum atomic E-state index is 11.9. The van der Waals surface area contributed by atoms with Crippen molar-refractivity contribution >= 4 is 5.91 Å². The Morgan fingerprint density at radius 3 is 2.71 bits per heavy atom. The molecule has 0 aliphatic carbocycles. The molecule has 0 spiro atoms. The number of H-pyrrole nitrogens is 1. The third-order valence-electron chi connectivity index (χ3n) is 3.88. The number of ether oxygens (including phenoxy) is 1. The number of nitrogens with one attached hydrogen (secondary N) is 2. The molecule has 0 bridgehead atoms. The second-order valence-electron chi connectivity index (χ2n) is 6.00. The van der Waals surface area contributed by atoms with Crippen molar-refractivity contribution in [3.63, 3.8) is 0 Å². The molecule has 5 nitrogen and oxygen atoms in total. The summed E-state index contributed by atoms with van der Waals surface area (Å²) in [5.74, 6) is 0.0161. The Labute approximate surface area is 127 Å². The average Bonchev–Trinajstić information content (AvgIpc) is 2.83.